The molecule has 10 nitrogen and oxygen atoms in total. The Bertz CT molecular complexity index is 921. The molecule has 0 saturated carbocycles. The molecule has 0 bridgehead atoms. The molecule has 2 heterocycles. The highest BCUT2D eigenvalue weighted by molar-refractivity contribution is 5.88. The van der Waals surface area contributed by atoms with Crippen LogP contribution < -0.4 is 4.74 Å². The van der Waals surface area contributed by atoms with Gasteiger partial charge in [0.2, 0.25) is 0 Å². The van der Waals surface area contributed by atoms with Gasteiger partial charge in [-0.25, -0.2) is 9.59 Å². The summed E-state index contributed by atoms with van der Waals surface area (Å²) in [5.74, 6) is -0.135. The number of hydrogen-bond acceptors (Lipinski definition) is 9. The van der Waals surface area contributed by atoms with E-state index in [2.05, 4.69) is 0 Å². The van der Waals surface area contributed by atoms with Gasteiger partial charge in [0.15, 0.2) is 11.8 Å². The van der Waals surface area contributed by atoms with Crippen molar-refractivity contribution in [1.82, 2.24) is 4.90 Å². The average Bonchev–Trinajstić information content (AvgIpc) is 3.24. The summed E-state index contributed by atoms with van der Waals surface area (Å²) in [6.45, 7) is 10.8. The first-order valence-electron chi connectivity index (χ1n) is 12.1. The smallest absolute Gasteiger partial charge is 0.413 e. The zero-order valence-corrected chi connectivity index (χ0v) is 22.4. The number of rotatable bonds is 5. The summed E-state index contributed by atoms with van der Waals surface area (Å²) < 4.78 is 33.9. The molecular weight excluding hydrogens is 470 g/mol. The number of esters is 1. The predicted molar refractivity (Wildman–Crippen MR) is 129 cm³/mol. The van der Waals surface area contributed by atoms with Crippen LogP contribution in [0.3, 0.4) is 0 Å². The standard InChI is InChI=1S/C26H39NO9/c1-24(2,3)21-27(23(30)36-25(4,5)6)26(15-34-21,22(29)32-8)19(28)18-13-14-33-20(35-18)16-9-11-17(31-7)12-10-16/h9-12,18-21,28H,13-15H2,1-8H3/t18-,19-,20-,21-,26-/m1/s1. The van der Waals surface area contributed by atoms with Crippen LogP contribution in [0.1, 0.15) is 59.8 Å². The van der Waals surface area contributed by atoms with E-state index in [1.54, 1.807) is 52.1 Å². The van der Waals surface area contributed by atoms with Crippen LogP contribution in [0.25, 0.3) is 0 Å². The molecule has 3 rings (SSSR count). The monoisotopic (exact) mass is 509 g/mol. The largest absolute Gasteiger partial charge is 0.497 e. The highest BCUT2D eigenvalue weighted by Gasteiger charge is 2.65. The fourth-order valence-corrected chi connectivity index (χ4v) is 4.48. The summed E-state index contributed by atoms with van der Waals surface area (Å²) in [7, 11) is 2.78. The SMILES string of the molecule is COC(=O)[C@]1([C@H](O)[C@H]2CCO[C@@H](c3ccc(OC)cc3)O2)CO[C@H](C(C)(C)C)N1C(=O)OC(C)(C)C. The topological polar surface area (TPSA) is 113 Å². The predicted octanol–water partition coefficient (Wildman–Crippen LogP) is 3.41. The van der Waals surface area contributed by atoms with Crippen molar-refractivity contribution >= 4 is 12.1 Å². The first kappa shape index (κ1) is 28.2. The molecule has 0 spiro atoms. The Labute approximate surface area is 212 Å². The van der Waals surface area contributed by atoms with Gasteiger partial charge < -0.3 is 33.5 Å². The minimum absolute atomic E-state index is 0.270. The number of benzene rings is 1. The second-order valence-electron chi connectivity index (χ2n) is 11.2. The molecule has 0 unspecified atom stereocenters. The molecule has 0 aliphatic carbocycles. The van der Waals surface area contributed by atoms with Crippen LogP contribution in [0.15, 0.2) is 24.3 Å². The summed E-state index contributed by atoms with van der Waals surface area (Å²) in [4.78, 5) is 28.1. The van der Waals surface area contributed by atoms with E-state index in [4.69, 9.17) is 28.4 Å². The van der Waals surface area contributed by atoms with Gasteiger partial charge in [-0.15, -0.1) is 0 Å². The summed E-state index contributed by atoms with van der Waals surface area (Å²) >= 11 is 0. The molecule has 2 aliphatic heterocycles. The Kier molecular flexibility index (Phi) is 8.24. The summed E-state index contributed by atoms with van der Waals surface area (Å²) in [6.07, 6.45) is -4.50. The fourth-order valence-electron chi connectivity index (χ4n) is 4.48. The average molecular weight is 510 g/mol. The van der Waals surface area contributed by atoms with Gasteiger partial charge in [-0.05, 0) is 39.3 Å². The molecule has 1 N–H and O–H groups in total. The lowest BCUT2D eigenvalue weighted by atomic mass is 9.84. The first-order chi connectivity index (χ1) is 16.7. The Hall–Kier alpha value is -2.40. The van der Waals surface area contributed by atoms with Gasteiger partial charge in [0.1, 0.15) is 23.7 Å². The lowest BCUT2D eigenvalue weighted by Gasteiger charge is -2.45. The third kappa shape index (κ3) is 5.61. The van der Waals surface area contributed by atoms with Crippen molar-refractivity contribution in [1.29, 1.82) is 0 Å². The Morgan fingerprint density at radius 2 is 1.72 bits per heavy atom. The lowest BCUT2D eigenvalue weighted by Crippen LogP contribution is -2.68. The van der Waals surface area contributed by atoms with Crippen molar-refractivity contribution in [3.05, 3.63) is 29.8 Å². The van der Waals surface area contributed by atoms with Crippen LogP contribution in [0.2, 0.25) is 0 Å². The van der Waals surface area contributed by atoms with E-state index < -0.39 is 53.3 Å². The van der Waals surface area contributed by atoms with Crippen LogP contribution in [0.5, 0.6) is 5.75 Å². The van der Waals surface area contributed by atoms with Crippen LogP contribution in [-0.4, -0.2) is 79.1 Å². The molecule has 2 saturated heterocycles. The van der Waals surface area contributed by atoms with Crippen LogP contribution in [-0.2, 0) is 28.5 Å². The highest BCUT2D eigenvalue weighted by atomic mass is 16.7. The molecule has 1 amide bonds. The van der Waals surface area contributed by atoms with Gasteiger partial charge >= 0.3 is 12.1 Å². The molecule has 1 aromatic rings. The maximum Gasteiger partial charge on any atom is 0.413 e. The molecule has 1 aromatic carbocycles. The number of methoxy groups -OCH3 is 2. The third-order valence-corrected chi connectivity index (χ3v) is 6.19. The Balaban J connectivity index is 1.98. The lowest BCUT2D eigenvalue weighted by molar-refractivity contribution is -0.250. The second-order valence-corrected chi connectivity index (χ2v) is 11.2. The van der Waals surface area contributed by atoms with Crippen LogP contribution in [0.4, 0.5) is 4.79 Å². The van der Waals surface area contributed by atoms with E-state index in [0.29, 0.717) is 5.75 Å². The van der Waals surface area contributed by atoms with E-state index in [9.17, 15) is 14.7 Å². The highest BCUT2D eigenvalue weighted by Crippen LogP contribution is 2.43. The van der Waals surface area contributed by atoms with Crippen molar-refractivity contribution < 1.29 is 43.1 Å². The van der Waals surface area contributed by atoms with Crippen molar-refractivity contribution in [2.75, 3.05) is 27.4 Å². The number of aliphatic hydroxyl groups excluding tert-OH is 1. The second kappa shape index (κ2) is 10.5. The van der Waals surface area contributed by atoms with E-state index >= 15 is 0 Å². The molecule has 0 aromatic heterocycles. The van der Waals surface area contributed by atoms with E-state index in [0.717, 1.165) is 5.56 Å². The van der Waals surface area contributed by atoms with Crippen molar-refractivity contribution in [2.45, 2.75) is 83.8 Å². The molecular formula is C26H39NO9. The number of carbonyl (C=O) groups is 2. The molecule has 2 aliphatic rings. The zero-order valence-electron chi connectivity index (χ0n) is 22.4. The number of ether oxygens (including phenoxy) is 6. The molecule has 2 fully saturated rings. The van der Waals surface area contributed by atoms with Gasteiger partial charge in [-0.2, -0.15) is 0 Å². The summed E-state index contributed by atoms with van der Waals surface area (Å²) in [6, 6.07) is 7.16. The van der Waals surface area contributed by atoms with Crippen LogP contribution in [0, 0.1) is 5.41 Å². The van der Waals surface area contributed by atoms with Crippen molar-refractivity contribution in [2.24, 2.45) is 5.41 Å². The fraction of sp³-hybridized carbons (Fsp3) is 0.692. The molecule has 10 heteroatoms. The number of amides is 1. The molecule has 36 heavy (non-hydrogen) atoms. The number of carbonyl (C=O) groups excluding carboxylic acids is 2. The first-order valence-corrected chi connectivity index (χ1v) is 12.1. The minimum Gasteiger partial charge on any atom is -0.497 e. The summed E-state index contributed by atoms with van der Waals surface area (Å²) in [5.41, 5.74) is -2.61. The van der Waals surface area contributed by atoms with E-state index in [1.807, 2.05) is 20.8 Å². The van der Waals surface area contributed by atoms with Crippen molar-refractivity contribution in [3.8, 4) is 5.75 Å². The van der Waals surface area contributed by atoms with Gasteiger partial charge in [-0.3, -0.25) is 4.90 Å². The van der Waals surface area contributed by atoms with Gasteiger partial charge in [0.25, 0.3) is 0 Å². The van der Waals surface area contributed by atoms with Gasteiger partial charge in [-0.1, -0.05) is 32.9 Å². The molecule has 0 radical (unpaired) electrons. The van der Waals surface area contributed by atoms with Gasteiger partial charge in [0, 0.05) is 11.0 Å². The van der Waals surface area contributed by atoms with Crippen LogP contribution >= 0.6 is 0 Å². The maximum absolute atomic E-state index is 13.5. The van der Waals surface area contributed by atoms with Crippen molar-refractivity contribution in [3.63, 3.8) is 0 Å². The zero-order chi connectivity index (χ0) is 26.9. The Morgan fingerprint density at radius 1 is 1.08 bits per heavy atom. The minimum atomic E-state index is -1.89. The van der Waals surface area contributed by atoms with E-state index in [-0.39, 0.29) is 19.6 Å². The quantitative estimate of drug-likeness (QED) is 0.597. The number of aliphatic hydroxyl groups is 1. The summed E-state index contributed by atoms with van der Waals surface area (Å²) in [5, 5.41) is 11.7. The molecule has 5 atom stereocenters. The third-order valence-electron chi connectivity index (χ3n) is 6.19. The number of hydrogen-bond donors (Lipinski definition) is 1. The maximum atomic E-state index is 13.5. The molecule has 202 valence electrons. The van der Waals surface area contributed by atoms with Gasteiger partial charge in [0.05, 0.1) is 33.5 Å². The van der Waals surface area contributed by atoms with E-state index in [1.165, 1.54) is 12.0 Å². The Morgan fingerprint density at radius 3 is 2.25 bits per heavy atom. The normalized spacial score (nSPS) is 27.9. The number of nitrogens with zero attached hydrogens (tertiary/aromatic N) is 1.